The maximum atomic E-state index is 6.08. The number of benzene rings is 1. The summed E-state index contributed by atoms with van der Waals surface area (Å²) in [4.78, 5) is 9.07. The van der Waals surface area contributed by atoms with Gasteiger partial charge >= 0.3 is 0 Å². The normalized spacial score (nSPS) is 19.2. The first-order valence-electron chi connectivity index (χ1n) is 9.51. The third-order valence-corrected chi connectivity index (χ3v) is 4.82. The molecule has 0 saturated carbocycles. The molecule has 1 saturated heterocycles. The zero-order valence-corrected chi connectivity index (χ0v) is 17.6. The van der Waals surface area contributed by atoms with Gasteiger partial charge in [0.05, 0.1) is 13.2 Å². The molecule has 1 aromatic rings. The Morgan fingerprint density at radius 1 is 1.35 bits per heavy atom. The largest absolute Gasteiger partial charge is 0.370 e. The van der Waals surface area contributed by atoms with Crippen LogP contribution in [-0.2, 0) is 4.74 Å². The highest BCUT2D eigenvalue weighted by molar-refractivity contribution is 5.80. The molecule has 1 heterocycles. The number of aryl methyl sites for hydroxylation is 2. The molecule has 0 bridgehead atoms. The lowest BCUT2D eigenvalue weighted by Gasteiger charge is -2.37. The molecule has 1 aliphatic rings. The predicted molar refractivity (Wildman–Crippen MR) is 110 cm³/mol. The highest BCUT2D eigenvalue weighted by Crippen LogP contribution is 2.26. The van der Waals surface area contributed by atoms with E-state index in [4.69, 9.17) is 4.74 Å². The Morgan fingerprint density at radius 2 is 2.08 bits per heavy atom. The third-order valence-electron chi connectivity index (χ3n) is 4.82. The molecule has 1 fully saturated rings. The number of ether oxygens (including phenoxy) is 1. The highest BCUT2D eigenvalue weighted by Gasteiger charge is 2.26. The van der Waals surface area contributed by atoms with Crippen molar-refractivity contribution < 1.29 is 4.74 Å². The van der Waals surface area contributed by atoms with Crippen molar-refractivity contribution in [1.29, 1.82) is 0 Å². The van der Waals surface area contributed by atoms with Gasteiger partial charge in [0, 0.05) is 26.7 Å². The first-order chi connectivity index (χ1) is 12.2. The number of guanidine groups is 1. The second-order valence-electron chi connectivity index (χ2n) is 8.47. The Bertz CT molecular complexity index is 624. The van der Waals surface area contributed by atoms with Gasteiger partial charge in [-0.2, -0.15) is 0 Å². The molecule has 2 rings (SSSR count). The van der Waals surface area contributed by atoms with Crippen molar-refractivity contribution in [2.75, 3.05) is 53.9 Å². The van der Waals surface area contributed by atoms with Crippen LogP contribution >= 0.6 is 0 Å². The molecule has 0 radical (unpaired) electrons. The molecule has 0 aromatic heterocycles. The van der Waals surface area contributed by atoms with E-state index in [1.54, 1.807) is 0 Å². The summed E-state index contributed by atoms with van der Waals surface area (Å²) in [5.41, 5.74) is 4.05. The second-order valence-corrected chi connectivity index (χ2v) is 8.47. The van der Waals surface area contributed by atoms with Crippen molar-refractivity contribution in [3.8, 4) is 0 Å². The summed E-state index contributed by atoms with van der Waals surface area (Å²) in [5, 5.41) is 3.57. The molecule has 26 heavy (non-hydrogen) atoms. The molecule has 1 N–H and O–H groups in total. The third kappa shape index (κ3) is 5.71. The number of aliphatic imine (C=N–C) groups is 1. The standard InChI is InChI=1S/C21H36N4O/c1-16-8-9-18(17(2)12-16)19-13-25(10-11-26-19)20(22-5)23-14-21(3,4)15-24(6)7/h8-9,12,19H,10-11,13-15H2,1-7H3,(H,22,23). The number of hydrogen-bond acceptors (Lipinski definition) is 3. The van der Waals surface area contributed by atoms with Crippen molar-refractivity contribution in [2.24, 2.45) is 10.4 Å². The Balaban J connectivity index is 2.02. The monoisotopic (exact) mass is 360 g/mol. The summed E-state index contributed by atoms with van der Waals surface area (Å²) in [6.45, 7) is 13.2. The minimum atomic E-state index is 0.0951. The molecule has 0 spiro atoms. The van der Waals surface area contributed by atoms with Crippen molar-refractivity contribution in [3.05, 3.63) is 34.9 Å². The van der Waals surface area contributed by atoms with Gasteiger partial charge in [-0.1, -0.05) is 37.6 Å². The van der Waals surface area contributed by atoms with Gasteiger partial charge in [-0.3, -0.25) is 4.99 Å². The lowest BCUT2D eigenvalue weighted by molar-refractivity contribution is -0.00848. The maximum Gasteiger partial charge on any atom is 0.193 e. The molecule has 5 nitrogen and oxygen atoms in total. The fourth-order valence-corrected chi connectivity index (χ4v) is 3.78. The van der Waals surface area contributed by atoms with E-state index in [2.05, 4.69) is 80.1 Å². The lowest BCUT2D eigenvalue weighted by atomic mass is 9.93. The van der Waals surface area contributed by atoms with E-state index in [9.17, 15) is 0 Å². The molecule has 5 heteroatoms. The van der Waals surface area contributed by atoms with Gasteiger partial charge in [0.25, 0.3) is 0 Å². The molecule has 0 amide bonds. The first-order valence-corrected chi connectivity index (χ1v) is 9.51. The summed E-state index contributed by atoms with van der Waals surface area (Å²) in [6.07, 6.45) is 0.0951. The quantitative estimate of drug-likeness (QED) is 0.647. The van der Waals surface area contributed by atoms with Crippen molar-refractivity contribution in [1.82, 2.24) is 15.1 Å². The van der Waals surface area contributed by atoms with Crippen LogP contribution < -0.4 is 5.32 Å². The van der Waals surface area contributed by atoms with Crippen molar-refractivity contribution in [3.63, 3.8) is 0 Å². The van der Waals surface area contributed by atoms with Crippen LogP contribution in [-0.4, -0.2) is 69.7 Å². The van der Waals surface area contributed by atoms with E-state index < -0.39 is 0 Å². The number of morpholine rings is 1. The van der Waals surface area contributed by atoms with Crippen molar-refractivity contribution in [2.45, 2.75) is 33.8 Å². The maximum absolute atomic E-state index is 6.08. The van der Waals surface area contributed by atoms with E-state index in [1.165, 1.54) is 16.7 Å². The molecular weight excluding hydrogens is 324 g/mol. The summed E-state index contributed by atoms with van der Waals surface area (Å²) >= 11 is 0. The van der Waals surface area contributed by atoms with E-state index in [0.717, 1.165) is 38.7 Å². The second kappa shape index (κ2) is 8.87. The average molecular weight is 361 g/mol. The zero-order chi connectivity index (χ0) is 19.3. The van der Waals surface area contributed by atoms with Gasteiger partial charge < -0.3 is 19.9 Å². The molecule has 146 valence electrons. The van der Waals surface area contributed by atoms with Gasteiger partial charge in [0.2, 0.25) is 0 Å². The van der Waals surface area contributed by atoms with Gasteiger partial charge in [-0.05, 0) is 44.5 Å². The van der Waals surface area contributed by atoms with Gasteiger partial charge in [-0.25, -0.2) is 0 Å². The van der Waals surface area contributed by atoms with E-state index in [0.29, 0.717) is 0 Å². The van der Waals surface area contributed by atoms with E-state index in [-0.39, 0.29) is 11.5 Å². The summed E-state index contributed by atoms with van der Waals surface area (Å²) < 4.78 is 6.08. The molecule has 1 aromatic carbocycles. The van der Waals surface area contributed by atoms with Crippen molar-refractivity contribution >= 4 is 5.96 Å². The highest BCUT2D eigenvalue weighted by atomic mass is 16.5. The molecule has 0 aliphatic carbocycles. The summed E-state index contributed by atoms with van der Waals surface area (Å²) in [7, 11) is 6.10. The van der Waals surface area contributed by atoms with Crippen LogP contribution in [0.3, 0.4) is 0 Å². The Kier molecular flexibility index (Phi) is 7.07. The Labute approximate surface area is 159 Å². The minimum absolute atomic E-state index is 0.0951. The van der Waals surface area contributed by atoms with Gasteiger partial charge in [-0.15, -0.1) is 0 Å². The van der Waals surface area contributed by atoms with Crippen LogP contribution in [0.5, 0.6) is 0 Å². The smallest absolute Gasteiger partial charge is 0.193 e. The van der Waals surface area contributed by atoms with Crippen LogP contribution in [0.1, 0.15) is 36.6 Å². The van der Waals surface area contributed by atoms with Crippen LogP contribution in [0.15, 0.2) is 23.2 Å². The summed E-state index contributed by atoms with van der Waals surface area (Å²) in [6, 6.07) is 6.60. The number of hydrogen-bond donors (Lipinski definition) is 1. The Hall–Kier alpha value is -1.59. The molecule has 1 aliphatic heterocycles. The van der Waals surface area contributed by atoms with Crippen LogP contribution in [0, 0.1) is 19.3 Å². The molecule has 1 unspecified atom stereocenters. The number of rotatable bonds is 5. The van der Waals surface area contributed by atoms with Crippen LogP contribution in [0.25, 0.3) is 0 Å². The number of nitrogens with one attached hydrogen (secondary N) is 1. The predicted octanol–water partition coefficient (Wildman–Crippen LogP) is 2.84. The lowest BCUT2D eigenvalue weighted by Crippen LogP contribution is -2.50. The Morgan fingerprint density at radius 3 is 2.69 bits per heavy atom. The SMILES string of the molecule is CN=C(NCC(C)(C)CN(C)C)N1CCOC(c2ccc(C)cc2C)C1. The molecule has 1 atom stereocenters. The summed E-state index contributed by atoms with van der Waals surface area (Å²) in [5.74, 6) is 0.967. The van der Waals surface area contributed by atoms with Crippen LogP contribution in [0.4, 0.5) is 0 Å². The topological polar surface area (TPSA) is 40.1 Å². The van der Waals surface area contributed by atoms with Gasteiger partial charge in [0.15, 0.2) is 5.96 Å². The van der Waals surface area contributed by atoms with E-state index in [1.807, 2.05) is 7.05 Å². The fourth-order valence-electron chi connectivity index (χ4n) is 3.78. The fraction of sp³-hybridized carbons (Fsp3) is 0.667. The number of nitrogens with zero attached hydrogens (tertiary/aromatic N) is 3. The molecular formula is C21H36N4O. The average Bonchev–Trinajstić information content (AvgIpc) is 2.54. The van der Waals surface area contributed by atoms with Crippen LogP contribution in [0.2, 0.25) is 0 Å². The zero-order valence-electron chi connectivity index (χ0n) is 17.6. The van der Waals surface area contributed by atoms with Gasteiger partial charge in [0.1, 0.15) is 6.10 Å². The minimum Gasteiger partial charge on any atom is -0.370 e. The van der Waals surface area contributed by atoms with E-state index >= 15 is 0 Å². The first kappa shape index (κ1) is 20.7.